The van der Waals surface area contributed by atoms with Crippen molar-refractivity contribution >= 4 is 10.0 Å². The summed E-state index contributed by atoms with van der Waals surface area (Å²) in [6.45, 7) is 4.48. The van der Waals surface area contributed by atoms with E-state index in [2.05, 4.69) is 9.55 Å². The molecule has 3 rings (SSSR count). The number of aryl methyl sites for hydroxylation is 1. The van der Waals surface area contributed by atoms with Crippen LogP contribution in [0.5, 0.6) is 5.75 Å². The fraction of sp³-hybridized carbons (Fsp3) is 0.550. The SMILES string of the molecule is COCCn1c(C)cnc1CC1CCCN(S(=O)(=O)c2cccc(OC)c2)C1. The van der Waals surface area contributed by atoms with Crippen molar-refractivity contribution in [3.05, 3.63) is 42.0 Å². The van der Waals surface area contributed by atoms with E-state index in [9.17, 15) is 8.42 Å². The maximum absolute atomic E-state index is 13.1. The highest BCUT2D eigenvalue weighted by Gasteiger charge is 2.31. The monoisotopic (exact) mass is 407 g/mol. The van der Waals surface area contributed by atoms with Crippen molar-refractivity contribution < 1.29 is 17.9 Å². The number of piperidine rings is 1. The highest BCUT2D eigenvalue weighted by atomic mass is 32.2. The van der Waals surface area contributed by atoms with Gasteiger partial charge in [-0.05, 0) is 37.8 Å². The van der Waals surface area contributed by atoms with Gasteiger partial charge in [-0.3, -0.25) is 0 Å². The Morgan fingerprint density at radius 1 is 1.29 bits per heavy atom. The minimum absolute atomic E-state index is 0.247. The minimum Gasteiger partial charge on any atom is -0.497 e. The van der Waals surface area contributed by atoms with Crippen molar-refractivity contribution in [2.45, 2.75) is 37.6 Å². The number of sulfonamides is 1. The van der Waals surface area contributed by atoms with Gasteiger partial charge < -0.3 is 14.0 Å². The molecule has 0 aliphatic carbocycles. The van der Waals surface area contributed by atoms with Gasteiger partial charge in [-0.2, -0.15) is 4.31 Å². The summed E-state index contributed by atoms with van der Waals surface area (Å²) in [5.41, 5.74) is 1.10. The zero-order chi connectivity index (χ0) is 20.1. The smallest absolute Gasteiger partial charge is 0.243 e. The molecule has 1 unspecified atom stereocenters. The molecule has 0 saturated carbocycles. The lowest BCUT2D eigenvalue weighted by atomic mass is 9.96. The zero-order valence-corrected chi connectivity index (χ0v) is 17.6. The Morgan fingerprint density at radius 2 is 2.11 bits per heavy atom. The van der Waals surface area contributed by atoms with Gasteiger partial charge in [0.2, 0.25) is 10.0 Å². The molecule has 1 aromatic heterocycles. The first kappa shape index (κ1) is 20.8. The number of rotatable bonds is 8. The molecule has 154 valence electrons. The first-order valence-corrected chi connectivity index (χ1v) is 11.0. The van der Waals surface area contributed by atoms with Crippen LogP contribution >= 0.6 is 0 Å². The highest BCUT2D eigenvalue weighted by molar-refractivity contribution is 7.89. The maximum Gasteiger partial charge on any atom is 0.243 e. The van der Waals surface area contributed by atoms with Crippen LogP contribution in [0.2, 0.25) is 0 Å². The quantitative estimate of drug-likeness (QED) is 0.672. The van der Waals surface area contributed by atoms with Gasteiger partial charge in [0.1, 0.15) is 11.6 Å². The number of imidazole rings is 1. The number of hydrogen-bond acceptors (Lipinski definition) is 5. The van der Waals surface area contributed by atoms with E-state index in [1.807, 2.05) is 13.1 Å². The lowest BCUT2D eigenvalue weighted by Crippen LogP contribution is -2.40. The van der Waals surface area contributed by atoms with Gasteiger partial charge in [0.15, 0.2) is 0 Å². The molecule has 0 N–H and O–H groups in total. The second-order valence-electron chi connectivity index (χ2n) is 7.21. The predicted molar refractivity (Wildman–Crippen MR) is 107 cm³/mol. The Hall–Kier alpha value is -1.90. The summed E-state index contributed by atoms with van der Waals surface area (Å²) in [7, 11) is -0.306. The average molecular weight is 408 g/mol. The molecule has 0 spiro atoms. The van der Waals surface area contributed by atoms with Crippen molar-refractivity contribution in [2.24, 2.45) is 5.92 Å². The average Bonchev–Trinajstić information content (AvgIpc) is 3.05. The molecule has 1 aliphatic heterocycles. The van der Waals surface area contributed by atoms with Crippen molar-refractivity contribution in [3.63, 3.8) is 0 Å². The Morgan fingerprint density at radius 3 is 2.86 bits per heavy atom. The zero-order valence-electron chi connectivity index (χ0n) is 16.8. The molecule has 1 saturated heterocycles. The van der Waals surface area contributed by atoms with Crippen LogP contribution in [0.1, 0.15) is 24.4 Å². The summed E-state index contributed by atoms with van der Waals surface area (Å²) in [5, 5.41) is 0. The molecule has 1 aromatic carbocycles. The van der Waals surface area contributed by atoms with Crippen LogP contribution < -0.4 is 4.74 Å². The van der Waals surface area contributed by atoms with Gasteiger partial charge in [0.05, 0.1) is 18.6 Å². The normalized spacial score (nSPS) is 18.3. The van der Waals surface area contributed by atoms with E-state index < -0.39 is 10.0 Å². The van der Waals surface area contributed by atoms with Crippen LogP contribution in [0.15, 0.2) is 35.4 Å². The minimum atomic E-state index is -3.53. The first-order chi connectivity index (χ1) is 13.5. The number of hydrogen-bond donors (Lipinski definition) is 0. The molecule has 1 aliphatic rings. The summed E-state index contributed by atoms with van der Waals surface area (Å²) >= 11 is 0. The van der Waals surface area contributed by atoms with Crippen LogP contribution in [0, 0.1) is 12.8 Å². The number of aromatic nitrogens is 2. The number of methoxy groups -OCH3 is 2. The lowest BCUT2D eigenvalue weighted by molar-refractivity contribution is 0.184. The molecular formula is C20H29N3O4S. The van der Waals surface area contributed by atoms with E-state index in [1.54, 1.807) is 35.7 Å². The second-order valence-corrected chi connectivity index (χ2v) is 9.15. The van der Waals surface area contributed by atoms with Gasteiger partial charge in [-0.25, -0.2) is 13.4 Å². The van der Waals surface area contributed by atoms with Gasteiger partial charge in [-0.15, -0.1) is 0 Å². The molecule has 2 aromatic rings. The Labute approximate surface area is 167 Å². The standard InChI is InChI=1S/C20H29N3O4S/c1-16-14-21-20(23(16)10-11-26-2)12-17-6-5-9-22(15-17)28(24,25)19-8-4-7-18(13-19)27-3/h4,7-8,13-14,17H,5-6,9-12,15H2,1-3H3. The van der Waals surface area contributed by atoms with E-state index in [1.165, 1.54) is 7.11 Å². The molecule has 0 amide bonds. The fourth-order valence-electron chi connectivity index (χ4n) is 3.74. The van der Waals surface area contributed by atoms with E-state index in [4.69, 9.17) is 9.47 Å². The third-order valence-electron chi connectivity index (χ3n) is 5.29. The summed E-state index contributed by atoms with van der Waals surface area (Å²) in [6, 6.07) is 6.67. The van der Waals surface area contributed by atoms with Crippen LogP contribution in [0.25, 0.3) is 0 Å². The van der Waals surface area contributed by atoms with Gasteiger partial charge in [0.25, 0.3) is 0 Å². The summed E-state index contributed by atoms with van der Waals surface area (Å²) in [4.78, 5) is 4.84. The number of benzene rings is 1. The summed E-state index contributed by atoms with van der Waals surface area (Å²) < 4.78 is 40.3. The van der Waals surface area contributed by atoms with Crippen molar-refractivity contribution in [1.82, 2.24) is 13.9 Å². The fourth-order valence-corrected chi connectivity index (χ4v) is 5.33. The van der Waals surface area contributed by atoms with Crippen molar-refractivity contribution in [3.8, 4) is 5.75 Å². The Balaban J connectivity index is 1.74. The molecule has 2 heterocycles. The number of ether oxygens (including phenoxy) is 2. The van der Waals surface area contributed by atoms with Crippen LogP contribution in [-0.4, -0.2) is 56.2 Å². The largest absolute Gasteiger partial charge is 0.497 e. The van der Waals surface area contributed by atoms with Gasteiger partial charge >= 0.3 is 0 Å². The van der Waals surface area contributed by atoms with Crippen molar-refractivity contribution in [2.75, 3.05) is 33.9 Å². The lowest BCUT2D eigenvalue weighted by Gasteiger charge is -2.32. The molecule has 1 atom stereocenters. The van der Waals surface area contributed by atoms with Crippen LogP contribution in [0.3, 0.4) is 0 Å². The highest BCUT2D eigenvalue weighted by Crippen LogP contribution is 2.27. The van der Waals surface area contributed by atoms with Crippen molar-refractivity contribution in [1.29, 1.82) is 0 Å². The Kier molecular flexibility index (Phi) is 6.74. The van der Waals surface area contributed by atoms with E-state index >= 15 is 0 Å². The topological polar surface area (TPSA) is 73.7 Å². The molecule has 1 fully saturated rings. The third-order valence-corrected chi connectivity index (χ3v) is 7.15. The van der Waals surface area contributed by atoms with E-state index in [0.717, 1.165) is 37.3 Å². The van der Waals surface area contributed by atoms with E-state index in [0.29, 0.717) is 25.4 Å². The third kappa shape index (κ3) is 4.56. The number of nitrogens with zero attached hydrogens (tertiary/aromatic N) is 3. The molecular weight excluding hydrogens is 378 g/mol. The first-order valence-electron chi connectivity index (χ1n) is 9.60. The molecule has 0 bridgehead atoms. The molecule has 7 nitrogen and oxygen atoms in total. The van der Waals surface area contributed by atoms with Gasteiger partial charge in [-0.1, -0.05) is 6.07 Å². The molecule has 8 heteroatoms. The second kappa shape index (κ2) is 9.07. The summed E-state index contributed by atoms with van der Waals surface area (Å²) in [6.07, 6.45) is 4.49. The summed E-state index contributed by atoms with van der Waals surface area (Å²) in [5.74, 6) is 1.79. The van der Waals surface area contributed by atoms with Crippen LogP contribution in [-0.2, 0) is 27.7 Å². The maximum atomic E-state index is 13.1. The molecule has 28 heavy (non-hydrogen) atoms. The Bertz CT molecular complexity index is 895. The molecule has 0 radical (unpaired) electrons. The van der Waals surface area contributed by atoms with Gasteiger partial charge in [0, 0.05) is 51.1 Å². The van der Waals surface area contributed by atoms with E-state index in [-0.39, 0.29) is 10.8 Å². The van der Waals surface area contributed by atoms with Crippen LogP contribution in [0.4, 0.5) is 0 Å². The predicted octanol–water partition coefficient (Wildman–Crippen LogP) is 2.49.